The quantitative estimate of drug-likeness (QED) is 0.476. The molecule has 1 saturated carbocycles. The zero-order valence-corrected chi connectivity index (χ0v) is 18.3. The molecular weight excluding hydrogens is 404 g/mol. The number of benzene rings is 1. The summed E-state index contributed by atoms with van der Waals surface area (Å²) in [5.41, 5.74) is 1.08. The van der Waals surface area contributed by atoms with Gasteiger partial charge in [-0.3, -0.25) is 9.59 Å². The lowest BCUT2D eigenvalue weighted by molar-refractivity contribution is -0.174. The molecule has 31 heavy (non-hydrogen) atoms. The van der Waals surface area contributed by atoms with Crippen LogP contribution in [-0.4, -0.2) is 63.4 Å². The van der Waals surface area contributed by atoms with Gasteiger partial charge in [-0.25, -0.2) is 0 Å². The van der Waals surface area contributed by atoms with Crippen LogP contribution in [0.1, 0.15) is 45.2 Å². The Morgan fingerprint density at radius 3 is 2.39 bits per heavy atom. The highest BCUT2D eigenvalue weighted by Crippen LogP contribution is 2.31. The van der Waals surface area contributed by atoms with Gasteiger partial charge in [-0.1, -0.05) is 19.1 Å². The second-order valence-electron chi connectivity index (χ2n) is 8.79. The summed E-state index contributed by atoms with van der Waals surface area (Å²) in [5.74, 6) is -2.47. The van der Waals surface area contributed by atoms with Crippen LogP contribution >= 0.6 is 0 Å². The molecule has 1 aromatic rings. The van der Waals surface area contributed by atoms with Crippen LogP contribution in [0, 0.1) is 11.3 Å². The first-order chi connectivity index (χ1) is 14.5. The second kappa shape index (κ2) is 10.3. The lowest BCUT2D eigenvalue weighted by Crippen LogP contribution is -2.57. The van der Waals surface area contributed by atoms with E-state index in [9.17, 15) is 30.0 Å². The summed E-state index contributed by atoms with van der Waals surface area (Å²) in [7, 11) is 0. The largest absolute Gasteiger partial charge is 0.487 e. The molecule has 0 spiro atoms. The smallest absolute Gasteiger partial charge is 0.311 e. The standard InChI is InChI=1S/C23H32O8/c1-5-13-8-9-16(14(11-13)7-6-10-30-22(29)23(2,3)4)31-17-12-15(21(27)28)18(24)20(26)19(17)25/h6-9,11,15,17-20,24-26H,5,10,12H2,1-4H3,(H,27,28)/b7-6+/t15-,17?,18+,19-,20-/m0/s1. The van der Waals surface area contributed by atoms with Crippen LogP contribution in [0.15, 0.2) is 24.3 Å². The summed E-state index contributed by atoms with van der Waals surface area (Å²) in [5, 5.41) is 39.6. The highest BCUT2D eigenvalue weighted by Gasteiger charge is 2.47. The molecule has 1 aliphatic carbocycles. The third-order valence-corrected chi connectivity index (χ3v) is 5.28. The van der Waals surface area contributed by atoms with Crippen LogP contribution in [-0.2, 0) is 20.7 Å². The molecule has 1 unspecified atom stereocenters. The fourth-order valence-corrected chi connectivity index (χ4v) is 3.29. The van der Waals surface area contributed by atoms with E-state index in [0.717, 1.165) is 12.0 Å². The Morgan fingerprint density at radius 2 is 1.81 bits per heavy atom. The first kappa shape index (κ1) is 24.8. The SMILES string of the molecule is CCc1ccc(OC2C[C@H](C(=O)O)[C@@H](O)[C@H](O)[C@H]2O)c(/C=C/COC(=O)C(C)(C)C)c1. The number of carboxylic acid groups (broad SMARTS) is 1. The summed E-state index contributed by atoms with van der Waals surface area (Å²) in [6.45, 7) is 7.36. The van der Waals surface area contributed by atoms with Crippen molar-refractivity contribution in [2.75, 3.05) is 6.61 Å². The third kappa shape index (κ3) is 6.29. The Hall–Kier alpha value is -2.42. The number of hydrogen-bond donors (Lipinski definition) is 4. The van der Waals surface area contributed by atoms with Crippen LogP contribution in [0.3, 0.4) is 0 Å². The number of ether oxygens (including phenoxy) is 2. The first-order valence-electron chi connectivity index (χ1n) is 10.4. The van der Waals surface area contributed by atoms with Crippen molar-refractivity contribution in [3.63, 3.8) is 0 Å². The van der Waals surface area contributed by atoms with Gasteiger partial charge in [-0.15, -0.1) is 0 Å². The zero-order valence-electron chi connectivity index (χ0n) is 18.3. The number of rotatable bonds is 7. The number of aryl methyl sites for hydroxylation is 1. The number of esters is 1. The van der Waals surface area contributed by atoms with E-state index in [1.807, 2.05) is 19.1 Å². The minimum absolute atomic E-state index is 0.0734. The third-order valence-electron chi connectivity index (χ3n) is 5.28. The van der Waals surface area contributed by atoms with Crippen molar-refractivity contribution in [2.24, 2.45) is 11.3 Å². The minimum Gasteiger partial charge on any atom is -0.487 e. The number of hydrogen-bond acceptors (Lipinski definition) is 7. The molecule has 0 saturated heterocycles. The Labute approximate surface area is 182 Å². The van der Waals surface area contributed by atoms with Crippen molar-refractivity contribution < 1.29 is 39.5 Å². The molecule has 0 radical (unpaired) electrons. The van der Waals surface area contributed by atoms with Gasteiger partial charge in [-0.05, 0) is 51.0 Å². The van der Waals surface area contributed by atoms with Crippen molar-refractivity contribution in [1.82, 2.24) is 0 Å². The summed E-state index contributed by atoms with van der Waals surface area (Å²) in [6.07, 6.45) is -1.66. The molecule has 1 fully saturated rings. The summed E-state index contributed by atoms with van der Waals surface area (Å²) < 4.78 is 11.1. The molecule has 4 N–H and O–H groups in total. The number of carboxylic acids is 1. The van der Waals surface area contributed by atoms with E-state index in [0.29, 0.717) is 11.3 Å². The Kier molecular flexibility index (Phi) is 8.22. The van der Waals surface area contributed by atoms with Crippen LogP contribution in [0.4, 0.5) is 0 Å². The van der Waals surface area contributed by atoms with Crippen molar-refractivity contribution in [2.45, 2.75) is 65.0 Å². The van der Waals surface area contributed by atoms with Gasteiger partial charge in [0.05, 0.1) is 17.4 Å². The second-order valence-corrected chi connectivity index (χ2v) is 8.79. The molecule has 0 heterocycles. The molecule has 8 heteroatoms. The predicted octanol–water partition coefficient (Wildman–Crippen LogP) is 1.79. The van der Waals surface area contributed by atoms with Gasteiger partial charge in [0.2, 0.25) is 0 Å². The fraction of sp³-hybridized carbons (Fsp3) is 0.565. The average molecular weight is 437 g/mol. The molecule has 172 valence electrons. The first-order valence-corrected chi connectivity index (χ1v) is 10.4. The maximum absolute atomic E-state index is 11.9. The topological polar surface area (TPSA) is 134 Å². The molecule has 5 atom stereocenters. The van der Waals surface area contributed by atoms with Crippen molar-refractivity contribution in [1.29, 1.82) is 0 Å². The zero-order chi connectivity index (χ0) is 23.3. The normalized spacial score (nSPS) is 26.6. The minimum atomic E-state index is -1.63. The molecule has 0 aromatic heterocycles. The van der Waals surface area contributed by atoms with Crippen LogP contribution < -0.4 is 4.74 Å². The van der Waals surface area contributed by atoms with Gasteiger partial charge >= 0.3 is 11.9 Å². The van der Waals surface area contributed by atoms with Crippen molar-refractivity contribution in [3.05, 3.63) is 35.4 Å². The fourth-order valence-electron chi connectivity index (χ4n) is 3.29. The van der Waals surface area contributed by atoms with E-state index in [2.05, 4.69) is 0 Å². The maximum Gasteiger partial charge on any atom is 0.311 e. The number of aliphatic hydroxyl groups is 3. The number of carbonyl (C=O) groups excluding carboxylic acids is 1. The highest BCUT2D eigenvalue weighted by atomic mass is 16.5. The number of carbonyl (C=O) groups is 2. The van der Waals surface area contributed by atoms with E-state index in [1.54, 1.807) is 39.0 Å². The van der Waals surface area contributed by atoms with Gasteiger partial charge in [0.25, 0.3) is 0 Å². The van der Waals surface area contributed by atoms with E-state index in [4.69, 9.17) is 9.47 Å². The van der Waals surface area contributed by atoms with Gasteiger partial charge in [-0.2, -0.15) is 0 Å². The summed E-state index contributed by atoms with van der Waals surface area (Å²) in [6, 6.07) is 5.44. The monoisotopic (exact) mass is 436 g/mol. The van der Waals surface area contributed by atoms with E-state index >= 15 is 0 Å². The summed E-state index contributed by atoms with van der Waals surface area (Å²) in [4.78, 5) is 23.3. The molecule has 0 amide bonds. The van der Waals surface area contributed by atoms with E-state index in [1.165, 1.54) is 0 Å². The molecule has 2 rings (SSSR count). The average Bonchev–Trinajstić information content (AvgIpc) is 2.71. The lowest BCUT2D eigenvalue weighted by atomic mass is 9.80. The Morgan fingerprint density at radius 1 is 1.13 bits per heavy atom. The lowest BCUT2D eigenvalue weighted by Gasteiger charge is -2.38. The van der Waals surface area contributed by atoms with Gasteiger partial charge in [0.15, 0.2) is 0 Å². The van der Waals surface area contributed by atoms with Crippen molar-refractivity contribution in [3.8, 4) is 5.75 Å². The number of aliphatic hydroxyl groups excluding tert-OH is 3. The van der Waals surface area contributed by atoms with Gasteiger partial charge < -0.3 is 29.9 Å². The van der Waals surface area contributed by atoms with Crippen LogP contribution in [0.5, 0.6) is 5.75 Å². The van der Waals surface area contributed by atoms with Crippen molar-refractivity contribution >= 4 is 18.0 Å². The molecule has 1 aliphatic rings. The van der Waals surface area contributed by atoms with Gasteiger partial charge in [0, 0.05) is 12.0 Å². The molecule has 8 nitrogen and oxygen atoms in total. The molecule has 1 aromatic carbocycles. The highest BCUT2D eigenvalue weighted by molar-refractivity contribution is 5.75. The van der Waals surface area contributed by atoms with Crippen LogP contribution in [0.2, 0.25) is 0 Å². The summed E-state index contributed by atoms with van der Waals surface area (Å²) >= 11 is 0. The number of aliphatic carboxylic acids is 1. The molecule has 0 bridgehead atoms. The predicted molar refractivity (Wildman–Crippen MR) is 113 cm³/mol. The molecule has 0 aliphatic heterocycles. The Bertz CT molecular complexity index is 810. The van der Waals surface area contributed by atoms with E-state index in [-0.39, 0.29) is 19.0 Å². The maximum atomic E-state index is 11.9. The van der Waals surface area contributed by atoms with Gasteiger partial charge in [0.1, 0.15) is 30.7 Å². The van der Waals surface area contributed by atoms with E-state index < -0.39 is 41.7 Å². The Balaban J connectivity index is 2.19. The molecular formula is C23H32O8. The van der Waals surface area contributed by atoms with Crippen LogP contribution in [0.25, 0.3) is 6.08 Å².